The number of phenolic OH excluding ortho intramolecular Hbond substituents is 1. The van der Waals surface area contributed by atoms with E-state index in [0.717, 1.165) is 7.11 Å². The molecule has 7 nitrogen and oxygen atoms in total. The lowest BCUT2D eigenvalue weighted by Gasteiger charge is -2.15. The lowest BCUT2D eigenvalue weighted by molar-refractivity contribution is -0.149. The van der Waals surface area contributed by atoms with E-state index in [-0.39, 0.29) is 17.7 Å². The first kappa shape index (κ1) is 15.5. The molecule has 0 aliphatic rings. The van der Waals surface area contributed by atoms with E-state index < -0.39 is 23.9 Å². The van der Waals surface area contributed by atoms with Crippen LogP contribution in [0.1, 0.15) is 16.8 Å². The van der Waals surface area contributed by atoms with E-state index in [4.69, 9.17) is 0 Å². The van der Waals surface area contributed by atoms with E-state index in [9.17, 15) is 19.5 Å². The van der Waals surface area contributed by atoms with Gasteiger partial charge >= 0.3 is 11.9 Å². The van der Waals surface area contributed by atoms with Crippen molar-refractivity contribution >= 4 is 17.8 Å². The van der Waals surface area contributed by atoms with Crippen molar-refractivity contribution in [2.45, 2.75) is 12.5 Å². The molecule has 0 radical (unpaired) electrons. The average molecular weight is 281 g/mol. The fraction of sp³-hybridized carbons (Fsp3) is 0.308. The number of nitrogens with one attached hydrogen (secondary N) is 1. The van der Waals surface area contributed by atoms with Crippen molar-refractivity contribution in [1.29, 1.82) is 0 Å². The number of carbonyl (C=O) groups excluding carboxylic acids is 3. The highest BCUT2D eigenvalue weighted by atomic mass is 16.5. The number of aromatic hydroxyl groups is 1. The monoisotopic (exact) mass is 281 g/mol. The van der Waals surface area contributed by atoms with Crippen molar-refractivity contribution in [1.82, 2.24) is 5.32 Å². The zero-order valence-corrected chi connectivity index (χ0v) is 11.1. The van der Waals surface area contributed by atoms with Crippen LogP contribution in [0.3, 0.4) is 0 Å². The number of ether oxygens (including phenoxy) is 2. The Morgan fingerprint density at radius 3 is 2.50 bits per heavy atom. The van der Waals surface area contributed by atoms with Gasteiger partial charge in [-0.15, -0.1) is 0 Å². The number of esters is 2. The highest BCUT2D eigenvalue weighted by Gasteiger charge is 2.25. The second kappa shape index (κ2) is 7.13. The molecular formula is C13H15NO6. The van der Waals surface area contributed by atoms with E-state index in [0.29, 0.717) is 0 Å². The summed E-state index contributed by atoms with van der Waals surface area (Å²) >= 11 is 0. The molecular weight excluding hydrogens is 266 g/mol. The maximum atomic E-state index is 11.9. The number of amides is 1. The van der Waals surface area contributed by atoms with Crippen molar-refractivity contribution in [3.05, 3.63) is 29.8 Å². The van der Waals surface area contributed by atoms with E-state index >= 15 is 0 Å². The van der Waals surface area contributed by atoms with Crippen molar-refractivity contribution < 1.29 is 29.0 Å². The molecule has 0 fully saturated rings. The van der Waals surface area contributed by atoms with Crippen molar-refractivity contribution in [2.75, 3.05) is 14.2 Å². The van der Waals surface area contributed by atoms with Crippen molar-refractivity contribution in [2.24, 2.45) is 0 Å². The van der Waals surface area contributed by atoms with Gasteiger partial charge in [0.05, 0.1) is 20.6 Å². The average Bonchev–Trinajstić information content (AvgIpc) is 2.45. The molecule has 1 unspecified atom stereocenters. The number of methoxy groups -OCH3 is 2. The largest absolute Gasteiger partial charge is 0.508 e. The number of rotatable bonds is 5. The molecule has 0 bridgehead atoms. The van der Waals surface area contributed by atoms with Crippen LogP contribution in [0.4, 0.5) is 0 Å². The van der Waals surface area contributed by atoms with Crippen LogP contribution in [-0.4, -0.2) is 43.2 Å². The van der Waals surface area contributed by atoms with Crippen LogP contribution in [-0.2, 0) is 19.1 Å². The molecule has 1 aromatic carbocycles. The minimum Gasteiger partial charge on any atom is -0.508 e. The fourth-order valence-electron chi connectivity index (χ4n) is 1.47. The summed E-state index contributed by atoms with van der Waals surface area (Å²) in [6, 6.07) is 4.44. The van der Waals surface area contributed by atoms with Crippen LogP contribution < -0.4 is 5.32 Å². The molecule has 0 spiro atoms. The van der Waals surface area contributed by atoms with Gasteiger partial charge in [-0.2, -0.15) is 0 Å². The molecule has 0 aliphatic carbocycles. The van der Waals surface area contributed by atoms with Crippen LogP contribution >= 0.6 is 0 Å². The highest BCUT2D eigenvalue weighted by molar-refractivity contribution is 5.97. The molecule has 1 rings (SSSR count). The first-order valence-corrected chi connectivity index (χ1v) is 5.72. The Balaban J connectivity index is 2.81. The molecule has 1 aromatic rings. The second-order valence-electron chi connectivity index (χ2n) is 3.88. The van der Waals surface area contributed by atoms with Crippen molar-refractivity contribution in [3.63, 3.8) is 0 Å². The first-order valence-electron chi connectivity index (χ1n) is 5.72. The Bertz CT molecular complexity index is 513. The lowest BCUT2D eigenvalue weighted by atomic mass is 10.1. The zero-order valence-electron chi connectivity index (χ0n) is 11.1. The topological polar surface area (TPSA) is 102 Å². The SMILES string of the molecule is COC(=O)CC(NC(=O)c1cccc(O)c1)C(=O)OC. The predicted octanol–water partition coefficient (Wildman–Crippen LogP) is 0.227. The van der Waals surface area contributed by atoms with Gasteiger partial charge in [-0.3, -0.25) is 9.59 Å². The predicted molar refractivity (Wildman–Crippen MR) is 68.0 cm³/mol. The Morgan fingerprint density at radius 2 is 1.95 bits per heavy atom. The molecule has 1 amide bonds. The summed E-state index contributed by atoms with van der Waals surface area (Å²) in [5, 5.41) is 11.6. The number of hydrogen-bond donors (Lipinski definition) is 2. The Hall–Kier alpha value is -2.57. The van der Waals surface area contributed by atoms with E-state index in [1.165, 1.54) is 31.4 Å². The number of carbonyl (C=O) groups is 3. The fourth-order valence-corrected chi connectivity index (χ4v) is 1.47. The standard InChI is InChI=1S/C13H15NO6/c1-19-11(16)7-10(13(18)20-2)14-12(17)8-4-3-5-9(15)6-8/h3-6,10,15H,7H2,1-2H3,(H,14,17). The molecule has 7 heteroatoms. The summed E-state index contributed by atoms with van der Waals surface area (Å²) in [6.07, 6.45) is -0.340. The summed E-state index contributed by atoms with van der Waals surface area (Å²) in [5.74, 6) is -2.11. The summed E-state index contributed by atoms with van der Waals surface area (Å²) in [5.41, 5.74) is 0.156. The summed E-state index contributed by atoms with van der Waals surface area (Å²) < 4.78 is 8.95. The van der Waals surface area contributed by atoms with E-state index in [1.54, 1.807) is 0 Å². The van der Waals surface area contributed by atoms with E-state index in [2.05, 4.69) is 14.8 Å². The Labute approximate surface area is 115 Å². The molecule has 0 saturated heterocycles. The molecule has 2 N–H and O–H groups in total. The summed E-state index contributed by atoms with van der Waals surface area (Å²) in [4.78, 5) is 34.6. The molecule has 20 heavy (non-hydrogen) atoms. The smallest absolute Gasteiger partial charge is 0.328 e. The summed E-state index contributed by atoms with van der Waals surface area (Å²) in [7, 11) is 2.32. The van der Waals surface area contributed by atoms with Crippen LogP contribution in [0.5, 0.6) is 5.75 Å². The third-order valence-electron chi connectivity index (χ3n) is 2.50. The third-order valence-corrected chi connectivity index (χ3v) is 2.50. The Kier molecular flexibility index (Phi) is 5.52. The minimum absolute atomic E-state index is 0.0831. The van der Waals surface area contributed by atoms with Gasteiger partial charge in [0.25, 0.3) is 5.91 Å². The second-order valence-corrected chi connectivity index (χ2v) is 3.88. The van der Waals surface area contributed by atoms with Gasteiger partial charge in [0.15, 0.2) is 0 Å². The normalized spacial score (nSPS) is 11.3. The van der Waals surface area contributed by atoms with Crippen LogP contribution in [0.25, 0.3) is 0 Å². The lowest BCUT2D eigenvalue weighted by Crippen LogP contribution is -2.43. The van der Waals surface area contributed by atoms with Gasteiger partial charge in [0, 0.05) is 5.56 Å². The van der Waals surface area contributed by atoms with Crippen LogP contribution in [0, 0.1) is 0 Å². The van der Waals surface area contributed by atoms with Crippen molar-refractivity contribution in [3.8, 4) is 5.75 Å². The maximum absolute atomic E-state index is 11.9. The molecule has 0 aliphatic heterocycles. The first-order chi connectivity index (χ1) is 9.47. The summed E-state index contributed by atoms with van der Waals surface area (Å²) in [6.45, 7) is 0. The number of benzene rings is 1. The van der Waals surface area contributed by atoms with Crippen LogP contribution in [0.2, 0.25) is 0 Å². The van der Waals surface area contributed by atoms with Gasteiger partial charge < -0.3 is 19.9 Å². The Morgan fingerprint density at radius 1 is 1.25 bits per heavy atom. The quantitative estimate of drug-likeness (QED) is 0.749. The third kappa shape index (κ3) is 4.27. The van der Waals surface area contributed by atoms with Gasteiger partial charge in [0.2, 0.25) is 0 Å². The maximum Gasteiger partial charge on any atom is 0.328 e. The number of phenols is 1. The molecule has 0 heterocycles. The van der Waals surface area contributed by atoms with E-state index in [1.807, 2.05) is 0 Å². The molecule has 108 valence electrons. The molecule has 0 aromatic heterocycles. The zero-order chi connectivity index (χ0) is 15.1. The van der Waals surface area contributed by atoms with Gasteiger partial charge in [-0.1, -0.05) is 6.07 Å². The van der Waals surface area contributed by atoms with Crippen LogP contribution in [0.15, 0.2) is 24.3 Å². The highest BCUT2D eigenvalue weighted by Crippen LogP contribution is 2.11. The number of hydrogen-bond acceptors (Lipinski definition) is 6. The van der Waals surface area contributed by atoms with Gasteiger partial charge in [0.1, 0.15) is 11.8 Å². The molecule has 0 saturated carbocycles. The van der Waals surface area contributed by atoms with Gasteiger partial charge in [-0.25, -0.2) is 4.79 Å². The molecule has 1 atom stereocenters. The minimum atomic E-state index is -1.15. The van der Waals surface area contributed by atoms with Gasteiger partial charge in [-0.05, 0) is 18.2 Å².